The van der Waals surface area contributed by atoms with Gasteiger partial charge < -0.3 is 10.5 Å². The second-order valence-electron chi connectivity index (χ2n) is 4.54. The summed E-state index contributed by atoms with van der Waals surface area (Å²) in [5, 5.41) is 0. The van der Waals surface area contributed by atoms with Crippen LogP contribution in [-0.2, 0) is 4.74 Å². The number of hydrogen-bond acceptors (Lipinski definition) is 3. The Kier molecular flexibility index (Phi) is 6.31. The van der Waals surface area contributed by atoms with Gasteiger partial charge in [-0.2, -0.15) is 13.2 Å². The zero-order chi connectivity index (χ0) is 13.6. The number of alkyl halides is 3. The molecular formula is C11H19F3N2OS. The van der Waals surface area contributed by atoms with E-state index in [1.54, 1.807) is 0 Å². The van der Waals surface area contributed by atoms with Gasteiger partial charge in [0.05, 0.1) is 11.6 Å². The van der Waals surface area contributed by atoms with Crippen LogP contribution in [0.25, 0.3) is 0 Å². The van der Waals surface area contributed by atoms with E-state index < -0.39 is 12.8 Å². The molecule has 0 bridgehead atoms. The second-order valence-corrected chi connectivity index (χ2v) is 5.07. The first-order valence-corrected chi connectivity index (χ1v) is 6.46. The monoisotopic (exact) mass is 284 g/mol. The quantitative estimate of drug-likeness (QED) is 0.574. The van der Waals surface area contributed by atoms with Gasteiger partial charge in [-0.1, -0.05) is 25.1 Å². The van der Waals surface area contributed by atoms with Crippen LogP contribution in [0.3, 0.4) is 0 Å². The van der Waals surface area contributed by atoms with E-state index in [2.05, 4.69) is 4.74 Å². The zero-order valence-electron chi connectivity index (χ0n) is 10.2. The van der Waals surface area contributed by atoms with Crippen molar-refractivity contribution in [3.8, 4) is 0 Å². The fourth-order valence-corrected chi connectivity index (χ4v) is 2.40. The van der Waals surface area contributed by atoms with Crippen LogP contribution in [-0.4, -0.2) is 48.4 Å². The van der Waals surface area contributed by atoms with E-state index in [1.165, 1.54) is 0 Å². The number of halogens is 3. The molecule has 3 nitrogen and oxygen atoms in total. The van der Waals surface area contributed by atoms with E-state index in [0.29, 0.717) is 24.1 Å². The van der Waals surface area contributed by atoms with Crippen molar-refractivity contribution < 1.29 is 17.9 Å². The molecule has 0 aromatic rings. The van der Waals surface area contributed by atoms with Gasteiger partial charge in [-0.25, -0.2) is 0 Å². The van der Waals surface area contributed by atoms with Gasteiger partial charge in [0, 0.05) is 19.1 Å². The van der Waals surface area contributed by atoms with E-state index in [0.717, 1.165) is 25.7 Å². The Hall–Kier alpha value is -0.400. The molecule has 0 amide bonds. The van der Waals surface area contributed by atoms with Crippen LogP contribution in [0.4, 0.5) is 13.2 Å². The first kappa shape index (κ1) is 15.7. The third kappa shape index (κ3) is 6.51. The molecule has 1 fully saturated rings. The maximum Gasteiger partial charge on any atom is 0.411 e. The Labute approximate surface area is 110 Å². The van der Waals surface area contributed by atoms with E-state index in [9.17, 15) is 13.2 Å². The Morgan fingerprint density at radius 3 is 2.44 bits per heavy atom. The van der Waals surface area contributed by atoms with Crippen molar-refractivity contribution in [3.63, 3.8) is 0 Å². The SMILES string of the molecule is NC(=S)CN(CCOCC(F)(F)F)C1CCCC1. The second kappa shape index (κ2) is 7.25. The summed E-state index contributed by atoms with van der Waals surface area (Å²) in [6.45, 7) is -0.245. The van der Waals surface area contributed by atoms with Crippen molar-refractivity contribution >= 4 is 17.2 Å². The molecule has 18 heavy (non-hydrogen) atoms. The number of nitrogens with zero attached hydrogens (tertiary/aromatic N) is 1. The molecule has 0 aromatic heterocycles. The third-order valence-corrected chi connectivity index (χ3v) is 3.12. The summed E-state index contributed by atoms with van der Waals surface area (Å²) in [6.07, 6.45) is 0.162. The first-order chi connectivity index (χ1) is 8.38. The minimum absolute atomic E-state index is 0.0542. The first-order valence-electron chi connectivity index (χ1n) is 6.05. The maximum absolute atomic E-state index is 11.9. The molecular weight excluding hydrogens is 265 g/mol. The highest BCUT2D eigenvalue weighted by Gasteiger charge is 2.28. The standard InChI is InChI=1S/C11H19F3N2OS/c12-11(13,14)8-17-6-5-16(7-10(15)18)9-3-1-2-4-9/h9H,1-8H2,(H2,15,18). The van der Waals surface area contributed by atoms with E-state index in [4.69, 9.17) is 18.0 Å². The lowest BCUT2D eigenvalue weighted by Crippen LogP contribution is -2.41. The normalized spacial score (nSPS) is 17.6. The lowest BCUT2D eigenvalue weighted by atomic mass is 10.2. The molecule has 0 atom stereocenters. The molecule has 0 aromatic carbocycles. The topological polar surface area (TPSA) is 38.5 Å². The van der Waals surface area contributed by atoms with Gasteiger partial charge in [0.2, 0.25) is 0 Å². The van der Waals surface area contributed by atoms with Gasteiger partial charge in [-0.15, -0.1) is 0 Å². The molecule has 1 aliphatic rings. The van der Waals surface area contributed by atoms with Crippen molar-refractivity contribution in [2.24, 2.45) is 5.73 Å². The highest BCUT2D eigenvalue weighted by atomic mass is 32.1. The van der Waals surface area contributed by atoms with Crippen LogP contribution < -0.4 is 5.73 Å². The predicted octanol–water partition coefficient (Wildman–Crippen LogP) is 2.10. The number of hydrogen-bond donors (Lipinski definition) is 1. The lowest BCUT2D eigenvalue weighted by molar-refractivity contribution is -0.174. The molecule has 0 saturated heterocycles. The van der Waals surface area contributed by atoms with Crippen LogP contribution in [0.2, 0.25) is 0 Å². The van der Waals surface area contributed by atoms with Gasteiger partial charge >= 0.3 is 6.18 Å². The summed E-state index contributed by atoms with van der Waals surface area (Å²) >= 11 is 4.86. The summed E-state index contributed by atoms with van der Waals surface area (Å²) in [7, 11) is 0. The highest BCUT2D eigenvalue weighted by Crippen LogP contribution is 2.23. The molecule has 1 aliphatic carbocycles. The summed E-state index contributed by atoms with van der Waals surface area (Å²) in [6, 6.07) is 0.376. The van der Waals surface area contributed by atoms with Crippen molar-refractivity contribution in [3.05, 3.63) is 0 Å². The largest absolute Gasteiger partial charge is 0.411 e. The van der Waals surface area contributed by atoms with Crippen LogP contribution in [0, 0.1) is 0 Å². The number of rotatable bonds is 7. The van der Waals surface area contributed by atoms with E-state index in [1.807, 2.05) is 4.90 Å². The fourth-order valence-electron chi connectivity index (χ4n) is 2.23. The number of nitrogens with two attached hydrogens (primary N) is 1. The minimum Gasteiger partial charge on any atom is -0.392 e. The van der Waals surface area contributed by atoms with Crippen molar-refractivity contribution in [2.75, 3.05) is 26.3 Å². The van der Waals surface area contributed by atoms with Gasteiger partial charge in [0.1, 0.15) is 6.61 Å². The molecule has 2 N–H and O–H groups in total. The molecule has 0 aliphatic heterocycles. The summed E-state index contributed by atoms with van der Waals surface area (Å²) < 4.78 is 40.4. The molecule has 7 heteroatoms. The average Bonchev–Trinajstić information content (AvgIpc) is 2.73. The molecule has 1 saturated carbocycles. The van der Waals surface area contributed by atoms with Crippen LogP contribution in [0.15, 0.2) is 0 Å². The van der Waals surface area contributed by atoms with E-state index >= 15 is 0 Å². The highest BCUT2D eigenvalue weighted by molar-refractivity contribution is 7.80. The lowest BCUT2D eigenvalue weighted by Gasteiger charge is -2.28. The van der Waals surface area contributed by atoms with Crippen molar-refractivity contribution in [2.45, 2.75) is 37.9 Å². The summed E-state index contributed by atoms with van der Waals surface area (Å²) in [5.41, 5.74) is 5.50. The number of ether oxygens (including phenoxy) is 1. The Morgan fingerprint density at radius 1 is 1.33 bits per heavy atom. The molecule has 0 heterocycles. The molecule has 106 valence electrons. The smallest absolute Gasteiger partial charge is 0.392 e. The third-order valence-electron chi connectivity index (χ3n) is 2.99. The summed E-state index contributed by atoms with van der Waals surface area (Å²) in [4.78, 5) is 2.41. The van der Waals surface area contributed by atoms with Crippen molar-refractivity contribution in [1.82, 2.24) is 4.90 Å². The predicted molar refractivity (Wildman–Crippen MR) is 67.5 cm³/mol. The Bertz CT molecular complexity index is 268. The minimum atomic E-state index is -4.26. The maximum atomic E-state index is 11.9. The Morgan fingerprint density at radius 2 is 1.94 bits per heavy atom. The van der Waals surface area contributed by atoms with Crippen LogP contribution >= 0.6 is 12.2 Å². The molecule has 0 spiro atoms. The van der Waals surface area contributed by atoms with E-state index in [-0.39, 0.29) is 6.61 Å². The molecule has 0 radical (unpaired) electrons. The number of thiocarbonyl (C=S) groups is 1. The molecule has 1 rings (SSSR count). The van der Waals surface area contributed by atoms with Gasteiger partial charge in [0.15, 0.2) is 0 Å². The zero-order valence-corrected chi connectivity index (χ0v) is 11.0. The van der Waals surface area contributed by atoms with Gasteiger partial charge in [0.25, 0.3) is 0 Å². The van der Waals surface area contributed by atoms with Crippen molar-refractivity contribution in [1.29, 1.82) is 0 Å². The fraction of sp³-hybridized carbons (Fsp3) is 0.909. The average molecular weight is 284 g/mol. The van der Waals surface area contributed by atoms with Crippen LogP contribution in [0.5, 0.6) is 0 Å². The van der Waals surface area contributed by atoms with Gasteiger partial charge in [-0.3, -0.25) is 4.90 Å². The van der Waals surface area contributed by atoms with Crippen LogP contribution in [0.1, 0.15) is 25.7 Å². The Balaban J connectivity index is 2.29. The summed E-state index contributed by atoms with van der Waals surface area (Å²) in [5.74, 6) is 0. The molecule has 0 unspecified atom stereocenters. The van der Waals surface area contributed by atoms with Gasteiger partial charge in [-0.05, 0) is 12.8 Å².